The average molecular weight is 336 g/mol. The Morgan fingerprint density at radius 1 is 1.00 bits per heavy atom. The predicted octanol–water partition coefficient (Wildman–Crippen LogP) is 3.34. The van der Waals surface area contributed by atoms with E-state index in [4.69, 9.17) is 0 Å². The second kappa shape index (κ2) is 7.75. The molecule has 5 heteroatoms. The normalized spacial score (nSPS) is 10.5. The first-order valence-electron chi connectivity index (χ1n) is 7.56. The molecule has 0 spiro atoms. The van der Waals surface area contributed by atoms with Crippen LogP contribution in [0.4, 0.5) is 0 Å². The van der Waals surface area contributed by atoms with Crippen LogP contribution in [-0.2, 0) is 6.42 Å². The number of ketones is 1. The van der Waals surface area contributed by atoms with E-state index in [9.17, 15) is 9.59 Å². The van der Waals surface area contributed by atoms with Gasteiger partial charge in [0, 0.05) is 18.1 Å². The zero-order valence-corrected chi connectivity index (χ0v) is 13.8. The summed E-state index contributed by atoms with van der Waals surface area (Å²) in [7, 11) is 0. The number of hydrogen-bond donors (Lipinski definition) is 1. The Labute approximate surface area is 144 Å². The smallest absolute Gasteiger partial charge is 0.251 e. The molecule has 0 radical (unpaired) electrons. The molecule has 4 nitrogen and oxygen atoms in total. The number of nitrogens with zero attached hydrogens (tertiary/aromatic N) is 1. The molecule has 0 aliphatic heterocycles. The van der Waals surface area contributed by atoms with Gasteiger partial charge in [0.05, 0.1) is 11.4 Å². The van der Waals surface area contributed by atoms with Crippen LogP contribution in [0.15, 0.2) is 76.7 Å². The lowest BCUT2D eigenvalue weighted by Gasteiger charge is -2.04. The van der Waals surface area contributed by atoms with E-state index in [1.807, 2.05) is 48.5 Å². The van der Waals surface area contributed by atoms with Gasteiger partial charge in [-0.15, -0.1) is 0 Å². The van der Waals surface area contributed by atoms with Crippen LogP contribution in [0.25, 0.3) is 0 Å². The van der Waals surface area contributed by atoms with Crippen molar-refractivity contribution < 1.29 is 4.79 Å². The van der Waals surface area contributed by atoms with Gasteiger partial charge >= 0.3 is 0 Å². The van der Waals surface area contributed by atoms with Crippen molar-refractivity contribution in [3.05, 3.63) is 93.9 Å². The molecule has 3 rings (SSSR count). The van der Waals surface area contributed by atoms with Crippen LogP contribution in [0.2, 0.25) is 0 Å². The highest BCUT2D eigenvalue weighted by atomic mass is 32.2. The molecule has 3 aromatic rings. The molecule has 0 bridgehead atoms. The van der Waals surface area contributed by atoms with Crippen LogP contribution >= 0.6 is 11.8 Å². The molecule has 24 heavy (non-hydrogen) atoms. The molecular weight excluding hydrogens is 320 g/mol. The number of aromatic nitrogens is 2. The molecule has 2 aromatic carbocycles. The van der Waals surface area contributed by atoms with Crippen molar-refractivity contribution in [1.29, 1.82) is 0 Å². The number of aromatic amines is 1. The van der Waals surface area contributed by atoms with Crippen LogP contribution < -0.4 is 5.56 Å². The van der Waals surface area contributed by atoms with Crippen molar-refractivity contribution in [2.45, 2.75) is 11.6 Å². The second-order valence-electron chi connectivity index (χ2n) is 5.28. The minimum Gasteiger partial charge on any atom is -0.301 e. The highest BCUT2D eigenvalue weighted by Crippen LogP contribution is 2.15. The minimum atomic E-state index is -0.203. The Kier molecular flexibility index (Phi) is 5.23. The van der Waals surface area contributed by atoms with Gasteiger partial charge in [-0.2, -0.15) is 0 Å². The summed E-state index contributed by atoms with van der Waals surface area (Å²) >= 11 is 1.25. The zero-order chi connectivity index (χ0) is 16.8. The highest BCUT2D eigenvalue weighted by Gasteiger charge is 2.08. The number of hydrogen-bond acceptors (Lipinski definition) is 4. The lowest BCUT2D eigenvalue weighted by molar-refractivity contribution is 0.102. The molecule has 0 saturated carbocycles. The van der Waals surface area contributed by atoms with E-state index in [0.717, 1.165) is 5.56 Å². The maximum Gasteiger partial charge on any atom is 0.251 e. The fourth-order valence-electron chi connectivity index (χ4n) is 2.29. The van der Waals surface area contributed by atoms with E-state index in [1.165, 1.54) is 17.8 Å². The summed E-state index contributed by atoms with van der Waals surface area (Å²) in [5, 5.41) is 0.470. The molecule has 1 N–H and O–H groups in total. The third-order valence-electron chi connectivity index (χ3n) is 3.44. The van der Waals surface area contributed by atoms with Crippen molar-refractivity contribution in [2.24, 2.45) is 0 Å². The largest absolute Gasteiger partial charge is 0.301 e. The van der Waals surface area contributed by atoms with Gasteiger partial charge in [-0.1, -0.05) is 72.4 Å². The van der Waals surface area contributed by atoms with Crippen molar-refractivity contribution >= 4 is 17.5 Å². The van der Waals surface area contributed by atoms with E-state index in [0.29, 0.717) is 22.8 Å². The number of Topliss-reactive ketones (excluding diaryl/α,β-unsaturated/α-hetero) is 1. The zero-order valence-electron chi connectivity index (χ0n) is 12.9. The Bertz CT molecular complexity index is 877. The molecule has 0 saturated heterocycles. The number of benzene rings is 2. The quantitative estimate of drug-likeness (QED) is 0.426. The molecule has 0 aliphatic carbocycles. The summed E-state index contributed by atoms with van der Waals surface area (Å²) in [6, 6.07) is 20.4. The van der Waals surface area contributed by atoms with Crippen molar-refractivity contribution in [1.82, 2.24) is 9.97 Å². The van der Waals surface area contributed by atoms with Gasteiger partial charge in [0.1, 0.15) is 0 Å². The number of carbonyl (C=O) groups is 1. The summed E-state index contributed by atoms with van der Waals surface area (Å²) in [5.41, 5.74) is 2.24. The van der Waals surface area contributed by atoms with E-state index in [-0.39, 0.29) is 17.1 Å². The third kappa shape index (κ3) is 4.43. The summed E-state index contributed by atoms with van der Waals surface area (Å²) in [5.74, 6) is 0.249. The summed E-state index contributed by atoms with van der Waals surface area (Å²) in [6.07, 6.45) is 0.588. The number of rotatable bonds is 6. The van der Waals surface area contributed by atoms with Gasteiger partial charge in [-0.25, -0.2) is 4.98 Å². The molecule has 0 unspecified atom stereocenters. The van der Waals surface area contributed by atoms with Gasteiger partial charge in [0.25, 0.3) is 5.56 Å². The summed E-state index contributed by atoms with van der Waals surface area (Å²) in [6.45, 7) is 0. The number of nitrogens with one attached hydrogen (secondary N) is 1. The molecule has 120 valence electrons. The fourth-order valence-corrected chi connectivity index (χ4v) is 3.08. The molecule has 0 aliphatic rings. The van der Waals surface area contributed by atoms with Crippen LogP contribution in [0.3, 0.4) is 0 Å². The monoisotopic (exact) mass is 336 g/mol. The van der Waals surface area contributed by atoms with E-state index in [1.54, 1.807) is 12.1 Å². The van der Waals surface area contributed by atoms with Crippen LogP contribution in [0, 0.1) is 0 Å². The predicted molar refractivity (Wildman–Crippen MR) is 95.6 cm³/mol. The fraction of sp³-hybridized carbons (Fsp3) is 0.105. The van der Waals surface area contributed by atoms with Gasteiger partial charge in [0.15, 0.2) is 10.9 Å². The van der Waals surface area contributed by atoms with Crippen LogP contribution in [0.5, 0.6) is 0 Å². The molecule has 0 fully saturated rings. The van der Waals surface area contributed by atoms with E-state index < -0.39 is 0 Å². The van der Waals surface area contributed by atoms with Crippen LogP contribution in [-0.4, -0.2) is 21.5 Å². The second-order valence-corrected chi connectivity index (χ2v) is 6.25. The molecular formula is C19H16N2O2S. The van der Waals surface area contributed by atoms with Crippen molar-refractivity contribution in [3.8, 4) is 0 Å². The first kappa shape index (κ1) is 16.2. The highest BCUT2D eigenvalue weighted by molar-refractivity contribution is 7.99. The Morgan fingerprint density at radius 2 is 1.67 bits per heavy atom. The molecule has 0 amide bonds. The minimum absolute atomic E-state index is 0.0108. The Morgan fingerprint density at radius 3 is 2.38 bits per heavy atom. The maximum atomic E-state index is 12.1. The Balaban J connectivity index is 1.70. The van der Waals surface area contributed by atoms with Gasteiger partial charge in [-0.05, 0) is 5.56 Å². The number of H-pyrrole nitrogens is 1. The summed E-state index contributed by atoms with van der Waals surface area (Å²) in [4.78, 5) is 31.1. The molecule has 1 aromatic heterocycles. The van der Waals surface area contributed by atoms with E-state index >= 15 is 0 Å². The van der Waals surface area contributed by atoms with Crippen molar-refractivity contribution in [3.63, 3.8) is 0 Å². The van der Waals surface area contributed by atoms with E-state index in [2.05, 4.69) is 9.97 Å². The topological polar surface area (TPSA) is 62.8 Å². The number of thioether (sulfide) groups is 1. The maximum absolute atomic E-state index is 12.1. The Hall–Kier alpha value is -2.66. The van der Waals surface area contributed by atoms with Gasteiger partial charge in [-0.3, -0.25) is 9.59 Å². The van der Waals surface area contributed by atoms with Gasteiger partial charge < -0.3 is 4.98 Å². The lowest BCUT2D eigenvalue weighted by atomic mass is 10.1. The first-order chi connectivity index (χ1) is 11.7. The standard InChI is InChI=1S/C19H16N2O2S/c22-17(15-9-5-2-6-10-15)13-24-19-20-16(12-18(23)21-19)11-14-7-3-1-4-8-14/h1-10,12H,11,13H2,(H,20,21,23). The van der Waals surface area contributed by atoms with Crippen molar-refractivity contribution in [2.75, 3.05) is 5.75 Å². The summed E-state index contributed by atoms with van der Waals surface area (Å²) < 4.78 is 0. The lowest BCUT2D eigenvalue weighted by Crippen LogP contribution is -2.11. The average Bonchev–Trinajstić information content (AvgIpc) is 2.61. The SMILES string of the molecule is O=C(CSc1nc(Cc2ccccc2)cc(=O)[nH]1)c1ccccc1. The van der Waals surface area contributed by atoms with Gasteiger partial charge in [0.2, 0.25) is 0 Å². The molecule has 1 heterocycles. The third-order valence-corrected chi connectivity index (χ3v) is 4.31. The van der Waals surface area contributed by atoms with Crippen LogP contribution in [0.1, 0.15) is 21.6 Å². The number of carbonyl (C=O) groups excluding carboxylic acids is 1. The molecule has 0 atom stereocenters. The first-order valence-corrected chi connectivity index (χ1v) is 8.54.